The second kappa shape index (κ2) is 11.0. The second-order valence-corrected chi connectivity index (χ2v) is 10.5. The number of anilines is 1. The van der Waals surface area contributed by atoms with Gasteiger partial charge in [-0.1, -0.05) is 29.0 Å². The Hall–Kier alpha value is -1.64. The lowest BCUT2D eigenvalue weighted by atomic mass is 10.1. The number of morpholine rings is 1. The molecule has 0 spiro atoms. The number of carbonyl (C=O) groups is 1. The SMILES string of the molecule is Cc1ccc2sc(N(CCN3CCOCC3)C(=O)CCSc3ccc(Cl)cc3)nc2c1C. The molecule has 0 saturated carbocycles. The van der Waals surface area contributed by atoms with Gasteiger partial charge < -0.3 is 4.74 Å². The van der Waals surface area contributed by atoms with Gasteiger partial charge in [0.25, 0.3) is 0 Å². The smallest absolute Gasteiger partial charge is 0.229 e. The highest BCUT2D eigenvalue weighted by Crippen LogP contribution is 2.32. The number of rotatable bonds is 8. The molecule has 1 aliphatic rings. The number of benzene rings is 2. The van der Waals surface area contributed by atoms with Crippen LogP contribution in [0.25, 0.3) is 10.2 Å². The van der Waals surface area contributed by atoms with Crippen LogP contribution in [0.3, 0.4) is 0 Å². The topological polar surface area (TPSA) is 45.7 Å². The van der Waals surface area contributed by atoms with E-state index in [9.17, 15) is 4.79 Å². The highest BCUT2D eigenvalue weighted by Gasteiger charge is 2.22. The fourth-order valence-corrected chi connectivity index (χ4v) is 5.68. The molecule has 1 fully saturated rings. The van der Waals surface area contributed by atoms with Crippen molar-refractivity contribution in [1.29, 1.82) is 0 Å². The summed E-state index contributed by atoms with van der Waals surface area (Å²) in [6, 6.07) is 12.0. The Morgan fingerprint density at radius 3 is 2.69 bits per heavy atom. The van der Waals surface area contributed by atoms with Crippen LogP contribution in [-0.4, -0.2) is 60.9 Å². The first-order valence-electron chi connectivity index (χ1n) is 10.9. The number of hydrogen-bond donors (Lipinski definition) is 0. The largest absolute Gasteiger partial charge is 0.379 e. The van der Waals surface area contributed by atoms with Crippen molar-refractivity contribution in [2.24, 2.45) is 0 Å². The van der Waals surface area contributed by atoms with Crippen LogP contribution in [0.15, 0.2) is 41.3 Å². The van der Waals surface area contributed by atoms with E-state index in [1.165, 1.54) is 11.1 Å². The number of amides is 1. The van der Waals surface area contributed by atoms with Crippen LogP contribution in [-0.2, 0) is 9.53 Å². The van der Waals surface area contributed by atoms with Gasteiger partial charge in [-0.2, -0.15) is 0 Å². The minimum absolute atomic E-state index is 0.119. The number of thiazole rings is 1. The number of ether oxygens (including phenoxy) is 1. The van der Waals surface area contributed by atoms with Gasteiger partial charge in [-0.3, -0.25) is 14.6 Å². The zero-order valence-electron chi connectivity index (χ0n) is 18.5. The molecule has 8 heteroatoms. The van der Waals surface area contributed by atoms with Gasteiger partial charge in [0.2, 0.25) is 5.91 Å². The summed E-state index contributed by atoms with van der Waals surface area (Å²) in [4.78, 5) is 23.6. The van der Waals surface area contributed by atoms with Crippen LogP contribution in [0.5, 0.6) is 0 Å². The molecule has 2 aromatic carbocycles. The van der Waals surface area contributed by atoms with Crippen molar-refractivity contribution in [3.8, 4) is 0 Å². The molecule has 0 atom stereocenters. The van der Waals surface area contributed by atoms with Gasteiger partial charge in [0, 0.05) is 48.3 Å². The Morgan fingerprint density at radius 2 is 1.94 bits per heavy atom. The highest BCUT2D eigenvalue weighted by molar-refractivity contribution is 7.99. The Balaban J connectivity index is 1.48. The quantitative estimate of drug-likeness (QED) is 0.396. The van der Waals surface area contributed by atoms with Crippen molar-refractivity contribution in [3.05, 3.63) is 52.5 Å². The van der Waals surface area contributed by atoms with E-state index in [1.807, 2.05) is 29.2 Å². The second-order valence-electron chi connectivity index (χ2n) is 7.90. The average Bonchev–Trinajstić information content (AvgIpc) is 3.23. The Bertz CT molecular complexity index is 1070. The molecule has 1 saturated heterocycles. The van der Waals surface area contributed by atoms with E-state index < -0.39 is 0 Å². The molecule has 2 heterocycles. The van der Waals surface area contributed by atoms with Gasteiger partial charge in [0.1, 0.15) is 0 Å². The minimum atomic E-state index is 0.119. The molecule has 1 aliphatic heterocycles. The van der Waals surface area contributed by atoms with Gasteiger partial charge in [0.15, 0.2) is 5.13 Å². The molecular formula is C24H28ClN3O2S2. The summed E-state index contributed by atoms with van der Waals surface area (Å²) in [6.07, 6.45) is 0.463. The molecule has 4 rings (SSSR count). The number of aryl methyl sites for hydroxylation is 2. The third-order valence-electron chi connectivity index (χ3n) is 5.75. The molecule has 1 aromatic heterocycles. The maximum absolute atomic E-state index is 13.3. The van der Waals surface area contributed by atoms with E-state index in [-0.39, 0.29) is 5.91 Å². The number of carbonyl (C=O) groups excluding carboxylic acids is 1. The zero-order valence-corrected chi connectivity index (χ0v) is 20.9. The molecule has 0 unspecified atom stereocenters. The average molecular weight is 490 g/mol. The van der Waals surface area contributed by atoms with Crippen molar-refractivity contribution in [2.75, 3.05) is 50.0 Å². The van der Waals surface area contributed by atoms with Gasteiger partial charge in [0.05, 0.1) is 23.4 Å². The van der Waals surface area contributed by atoms with Crippen LogP contribution in [0.4, 0.5) is 5.13 Å². The molecule has 0 aliphatic carbocycles. The lowest BCUT2D eigenvalue weighted by Crippen LogP contribution is -2.43. The Labute approximate surface area is 202 Å². The van der Waals surface area contributed by atoms with Crippen molar-refractivity contribution >= 4 is 56.0 Å². The lowest BCUT2D eigenvalue weighted by Gasteiger charge is -2.29. The molecular weight excluding hydrogens is 462 g/mol. The van der Waals surface area contributed by atoms with E-state index in [4.69, 9.17) is 21.3 Å². The highest BCUT2D eigenvalue weighted by atomic mass is 35.5. The Kier molecular flexibility index (Phi) is 8.07. The minimum Gasteiger partial charge on any atom is -0.379 e. The molecule has 170 valence electrons. The number of hydrogen-bond acceptors (Lipinski definition) is 6. The van der Waals surface area contributed by atoms with Crippen LogP contribution in [0, 0.1) is 13.8 Å². The van der Waals surface area contributed by atoms with Crippen molar-refractivity contribution < 1.29 is 9.53 Å². The molecule has 0 N–H and O–H groups in total. The first-order valence-corrected chi connectivity index (χ1v) is 13.0. The van der Waals surface area contributed by atoms with Gasteiger partial charge in [-0.25, -0.2) is 4.98 Å². The third-order valence-corrected chi connectivity index (χ3v) is 8.06. The first-order chi connectivity index (χ1) is 15.5. The number of thioether (sulfide) groups is 1. The van der Waals surface area contributed by atoms with Gasteiger partial charge in [-0.05, 0) is 55.3 Å². The molecule has 5 nitrogen and oxygen atoms in total. The van der Waals surface area contributed by atoms with E-state index >= 15 is 0 Å². The summed E-state index contributed by atoms with van der Waals surface area (Å²) in [5.41, 5.74) is 3.41. The van der Waals surface area contributed by atoms with Crippen LogP contribution < -0.4 is 4.90 Å². The summed E-state index contributed by atoms with van der Waals surface area (Å²) in [6.45, 7) is 9.00. The summed E-state index contributed by atoms with van der Waals surface area (Å²) in [7, 11) is 0. The third kappa shape index (κ3) is 5.83. The normalized spacial score (nSPS) is 14.7. The van der Waals surface area contributed by atoms with Crippen LogP contribution in [0.1, 0.15) is 17.5 Å². The monoisotopic (exact) mass is 489 g/mol. The van der Waals surface area contributed by atoms with Crippen molar-refractivity contribution in [1.82, 2.24) is 9.88 Å². The predicted molar refractivity (Wildman–Crippen MR) is 135 cm³/mol. The Morgan fingerprint density at radius 1 is 1.19 bits per heavy atom. The van der Waals surface area contributed by atoms with Crippen LogP contribution in [0.2, 0.25) is 5.02 Å². The number of aromatic nitrogens is 1. The fourth-order valence-electron chi connectivity index (χ4n) is 3.64. The van der Waals surface area contributed by atoms with Gasteiger partial charge >= 0.3 is 0 Å². The maximum Gasteiger partial charge on any atom is 0.229 e. The first kappa shape index (κ1) is 23.5. The molecule has 0 bridgehead atoms. The summed E-state index contributed by atoms with van der Waals surface area (Å²) in [5, 5.41) is 1.52. The van der Waals surface area contributed by atoms with Gasteiger partial charge in [-0.15, -0.1) is 11.8 Å². The van der Waals surface area contributed by atoms with Crippen LogP contribution >= 0.6 is 34.7 Å². The standard InChI is InChI=1S/C24H28ClN3O2S2/c1-17-3-8-21-23(18(17)2)26-24(32-21)28(11-10-27-12-14-30-15-13-27)22(29)9-16-31-20-6-4-19(25)5-7-20/h3-8H,9-16H2,1-2H3. The summed E-state index contributed by atoms with van der Waals surface area (Å²) < 4.78 is 6.59. The predicted octanol–water partition coefficient (Wildman–Crippen LogP) is 5.41. The number of fused-ring (bicyclic) bond motifs is 1. The molecule has 1 amide bonds. The fraction of sp³-hybridized carbons (Fsp3) is 0.417. The molecule has 3 aromatic rings. The zero-order chi connectivity index (χ0) is 22.5. The van der Waals surface area contributed by atoms with E-state index in [0.29, 0.717) is 13.0 Å². The number of nitrogens with zero attached hydrogens (tertiary/aromatic N) is 3. The van der Waals surface area contributed by atoms with Crippen molar-refractivity contribution in [2.45, 2.75) is 25.2 Å². The number of halogens is 1. The maximum atomic E-state index is 13.3. The lowest BCUT2D eigenvalue weighted by molar-refractivity contribution is -0.118. The molecule has 0 radical (unpaired) electrons. The summed E-state index contributed by atoms with van der Waals surface area (Å²) in [5.74, 6) is 0.838. The van der Waals surface area contributed by atoms with E-state index in [1.54, 1.807) is 23.1 Å². The molecule has 32 heavy (non-hydrogen) atoms. The van der Waals surface area contributed by atoms with Crippen molar-refractivity contribution in [3.63, 3.8) is 0 Å². The summed E-state index contributed by atoms with van der Waals surface area (Å²) >= 11 is 9.25. The van der Waals surface area contributed by atoms with E-state index in [2.05, 4.69) is 30.9 Å². The van der Waals surface area contributed by atoms with E-state index in [0.717, 1.165) is 63.9 Å².